The summed E-state index contributed by atoms with van der Waals surface area (Å²) in [4.78, 5) is 12.0. The second-order valence-corrected chi connectivity index (χ2v) is 10.2. The highest BCUT2D eigenvalue weighted by molar-refractivity contribution is 5.99. The number of rotatable bonds is 11. The summed E-state index contributed by atoms with van der Waals surface area (Å²) in [5.41, 5.74) is 4.87. The van der Waals surface area contributed by atoms with Gasteiger partial charge in [-0.25, -0.2) is 0 Å². The van der Waals surface area contributed by atoms with E-state index in [1.807, 2.05) is 76.3 Å². The number of carbonyl (C=O) groups excluding carboxylic acids is 1. The third kappa shape index (κ3) is 7.12. The molecule has 0 bridgehead atoms. The second-order valence-electron chi connectivity index (χ2n) is 10.2. The van der Waals surface area contributed by atoms with E-state index in [0.29, 0.717) is 12.4 Å². The van der Waals surface area contributed by atoms with Crippen LogP contribution in [0.2, 0.25) is 0 Å². The summed E-state index contributed by atoms with van der Waals surface area (Å²) >= 11 is 0. The fraction of sp³-hybridized carbons (Fsp3) is 0.344. The fourth-order valence-electron chi connectivity index (χ4n) is 4.20. The summed E-state index contributed by atoms with van der Waals surface area (Å²) in [6.45, 7) is 9.06. The van der Waals surface area contributed by atoms with Crippen LogP contribution in [0.4, 0.5) is 0 Å². The Hall–Kier alpha value is -3.97. The molecular formula is C32H37NO6. The summed E-state index contributed by atoms with van der Waals surface area (Å²) in [6, 6.07) is 22.1. The first-order chi connectivity index (χ1) is 18.8. The lowest BCUT2D eigenvalue weighted by molar-refractivity contribution is -0.159. The standard InChI is InChI=1S/C32H37NO6/c1-6-27(24-11-16-28-29(19-24)38-21-37-28)30(22-7-12-25(13-8-22)35-18-17-33-5)23-9-14-26(15-10-23)36-20-39-31(34)32(2,3)4/h7-16,19,33H,6,17-18,20-21H2,1-5H3. The van der Waals surface area contributed by atoms with Crippen molar-refractivity contribution in [2.75, 3.05) is 33.8 Å². The van der Waals surface area contributed by atoms with E-state index in [2.05, 4.69) is 30.4 Å². The molecule has 0 atom stereocenters. The van der Waals surface area contributed by atoms with Crippen molar-refractivity contribution >= 4 is 17.1 Å². The van der Waals surface area contributed by atoms with E-state index in [-0.39, 0.29) is 19.6 Å². The molecule has 0 fully saturated rings. The fourth-order valence-corrected chi connectivity index (χ4v) is 4.20. The Labute approximate surface area is 230 Å². The minimum atomic E-state index is -0.578. The first-order valence-electron chi connectivity index (χ1n) is 13.2. The minimum Gasteiger partial charge on any atom is -0.492 e. The van der Waals surface area contributed by atoms with E-state index >= 15 is 0 Å². The third-order valence-corrected chi connectivity index (χ3v) is 6.31. The second kappa shape index (κ2) is 12.7. The maximum absolute atomic E-state index is 12.0. The van der Waals surface area contributed by atoms with Crippen LogP contribution in [-0.2, 0) is 9.53 Å². The number of esters is 1. The Morgan fingerprint density at radius 2 is 1.44 bits per heavy atom. The molecule has 3 aromatic carbocycles. The number of benzene rings is 3. The number of likely N-dealkylation sites (N-methyl/N-ethyl adjacent to an activating group) is 1. The van der Waals surface area contributed by atoms with Gasteiger partial charge in [-0.3, -0.25) is 4.79 Å². The van der Waals surface area contributed by atoms with Gasteiger partial charge in [-0.1, -0.05) is 37.3 Å². The van der Waals surface area contributed by atoms with E-state index in [0.717, 1.165) is 52.5 Å². The van der Waals surface area contributed by atoms with Gasteiger partial charge in [0.05, 0.1) is 5.41 Å². The number of carbonyl (C=O) groups is 1. The molecule has 0 saturated heterocycles. The van der Waals surface area contributed by atoms with Gasteiger partial charge in [0.1, 0.15) is 18.1 Å². The van der Waals surface area contributed by atoms with Gasteiger partial charge in [-0.2, -0.15) is 0 Å². The predicted octanol–water partition coefficient (Wildman–Crippen LogP) is 6.31. The molecule has 0 aromatic heterocycles. The molecule has 0 spiro atoms. The van der Waals surface area contributed by atoms with Gasteiger partial charge in [0.15, 0.2) is 11.5 Å². The van der Waals surface area contributed by atoms with Crippen LogP contribution < -0.4 is 24.3 Å². The Kier molecular flexibility index (Phi) is 9.15. The largest absolute Gasteiger partial charge is 0.492 e. The topological polar surface area (TPSA) is 75.2 Å². The third-order valence-electron chi connectivity index (χ3n) is 6.31. The van der Waals surface area contributed by atoms with Crippen LogP contribution in [-0.4, -0.2) is 39.8 Å². The van der Waals surface area contributed by atoms with E-state index in [1.165, 1.54) is 5.57 Å². The van der Waals surface area contributed by atoms with Crippen molar-refractivity contribution < 1.29 is 28.5 Å². The molecule has 1 N–H and O–H groups in total. The Bertz CT molecular complexity index is 1290. The highest BCUT2D eigenvalue weighted by atomic mass is 16.7. The smallest absolute Gasteiger partial charge is 0.314 e. The molecule has 1 aliphatic rings. The highest BCUT2D eigenvalue weighted by Gasteiger charge is 2.23. The van der Waals surface area contributed by atoms with Gasteiger partial charge in [0, 0.05) is 6.54 Å². The molecule has 0 radical (unpaired) electrons. The maximum atomic E-state index is 12.0. The van der Waals surface area contributed by atoms with Crippen molar-refractivity contribution in [3.63, 3.8) is 0 Å². The predicted molar refractivity (Wildman–Crippen MR) is 152 cm³/mol. The molecule has 7 heteroatoms. The van der Waals surface area contributed by atoms with Gasteiger partial charge in [0.25, 0.3) is 0 Å². The lowest BCUT2D eigenvalue weighted by Gasteiger charge is -2.18. The van der Waals surface area contributed by atoms with Crippen molar-refractivity contribution in [2.45, 2.75) is 34.1 Å². The molecule has 1 aliphatic heterocycles. The number of hydrogen-bond acceptors (Lipinski definition) is 7. The quantitative estimate of drug-likeness (QED) is 0.135. The first kappa shape index (κ1) is 28.0. The van der Waals surface area contributed by atoms with Crippen LogP contribution in [0.25, 0.3) is 11.1 Å². The monoisotopic (exact) mass is 531 g/mol. The molecule has 4 rings (SSSR count). The molecule has 0 amide bonds. The van der Waals surface area contributed by atoms with E-state index in [4.69, 9.17) is 23.7 Å². The molecule has 7 nitrogen and oxygen atoms in total. The van der Waals surface area contributed by atoms with E-state index in [1.54, 1.807) is 0 Å². The Balaban J connectivity index is 1.65. The molecule has 206 valence electrons. The van der Waals surface area contributed by atoms with Crippen LogP contribution in [0, 0.1) is 5.41 Å². The number of hydrogen-bond donors (Lipinski definition) is 1. The zero-order valence-electron chi connectivity index (χ0n) is 23.3. The van der Waals surface area contributed by atoms with E-state index < -0.39 is 5.41 Å². The summed E-state index contributed by atoms with van der Waals surface area (Å²) in [5, 5.41) is 3.09. The number of nitrogens with one attached hydrogen (secondary N) is 1. The normalized spacial score (nSPS) is 13.1. The number of allylic oxidation sites excluding steroid dienone is 1. The van der Waals surface area contributed by atoms with Crippen molar-refractivity contribution in [3.8, 4) is 23.0 Å². The SMILES string of the molecule is CCC(=C(c1ccc(OCCNC)cc1)c1ccc(OCOC(=O)C(C)(C)C)cc1)c1ccc2c(c1)OCO2. The highest BCUT2D eigenvalue weighted by Crippen LogP contribution is 2.40. The molecule has 39 heavy (non-hydrogen) atoms. The molecule has 0 saturated carbocycles. The van der Waals surface area contributed by atoms with Gasteiger partial charge >= 0.3 is 5.97 Å². The van der Waals surface area contributed by atoms with Crippen molar-refractivity contribution in [3.05, 3.63) is 83.4 Å². The van der Waals surface area contributed by atoms with Crippen molar-refractivity contribution in [2.24, 2.45) is 5.41 Å². The first-order valence-corrected chi connectivity index (χ1v) is 13.2. The van der Waals surface area contributed by atoms with Crippen LogP contribution in [0.1, 0.15) is 50.8 Å². The Morgan fingerprint density at radius 1 is 0.846 bits per heavy atom. The van der Waals surface area contributed by atoms with Crippen LogP contribution in [0.3, 0.4) is 0 Å². The van der Waals surface area contributed by atoms with Gasteiger partial charge in [-0.05, 0) is 98.5 Å². The summed E-state index contributed by atoms with van der Waals surface area (Å²) in [5.74, 6) is 2.64. The van der Waals surface area contributed by atoms with Gasteiger partial charge in [-0.15, -0.1) is 0 Å². The van der Waals surface area contributed by atoms with Crippen LogP contribution in [0.15, 0.2) is 66.7 Å². The zero-order chi connectivity index (χ0) is 27.8. The lowest BCUT2D eigenvalue weighted by Crippen LogP contribution is -2.24. The lowest BCUT2D eigenvalue weighted by atomic mass is 9.88. The molecule has 0 aliphatic carbocycles. The minimum absolute atomic E-state index is 0.134. The zero-order valence-corrected chi connectivity index (χ0v) is 23.3. The molecule has 1 heterocycles. The molecular weight excluding hydrogens is 494 g/mol. The number of fused-ring (bicyclic) bond motifs is 1. The van der Waals surface area contributed by atoms with Crippen LogP contribution >= 0.6 is 0 Å². The average molecular weight is 532 g/mol. The molecule has 0 unspecified atom stereocenters. The summed E-state index contributed by atoms with van der Waals surface area (Å²) < 4.78 is 28.0. The van der Waals surface area contributed by atoms with Crippen LogP contribution in [0.5, 0.6) is 23.0 Å². The van der Waals surface area contributed by atoms with E-state index in [9.17, 15) is 4.79 Å². The van der Waals surface area contributed by atoms with Crippen molar-refractivity contribution in [1.82, 2.24) is 5.32 Å². The molecule has 3 aromatic rings. The van der Waals surface area contributed by atoms with Crippen molar-refractivity contribution in [1.29, 1.82) is 0 Å². The summed E-state index contributed by atoms with van der Waals surface area (Å²) in [7, 11) is 1.90. The average Bonchev–Trinajstić information content (AvgIpc) is 3.40. The van der Waals surface area contributed by atoms with Gasteiger partial charge in [0.2, 0.25) is 13.6 Å². The Morgan fingerprint density at radius 3 is 2.03 bits per heavy atom. The number of ether oxygens (including phenoxy) is 5. The van der Waals surface area contributed by atoms with Gasteiger partial charge < -0.3 is 29.0 Å². The maximum Gasteiger partial charge on any atom is 0.314 e. The summed E-state index contributed by atoms with van der Waals surface area (Å²) in [6.07, 6.45) is 0.802.